The lowest BCUT2D eigenvalue weighted by molar-refractivity contribution is -0.141. The molecule has 0 atom stereocenters. The second-order valence-corrected chi connectivity index (χ2v) is 3.66. The highest BCUT2D eigenvalue weighted by Gasteiger charge is 1.99. The van der Waals surface area contributed by atoms with Crippen molar-refractivity contribution in [1.82, 2.24) is 0 Å². The van der Waals surface area contributed by atoms with E-state index in [-0.39, 0.29) is 19.0 Å². The van der Waals surface area contributed by atoms with Crippen LogP contribution in [-0.4, -0.2) is 17.7 Å². The van der Waals surface area contributed by atoms with Crippen LogP contribution in [0.25, 0.3) is 0 Å². The first-order valence-corrected chi connectivity index (χ1v) is 5.59. The molecule has 1 N–H and O–H groups in total. The number of aliphatic hydroxyl groups excluding tert-OH is 1. The second kappa shape index (κ2) is 6.95. The maximum absolute atomic E-state index is 11.0. The zero-order valence-corrected chi connectivity index (χ0v) is 10.3. The van der Waals surface area contributed by atoms with Gasteiger partial charge in [0, 0.05) is 10.6 Å². The van der Waals surface area contributed by atoms with Gasteiger partial charge in [-0.15, -0.1) is 0 Å². The fourth-order valence-corrected chi connectivity index (χ4v) is 1.38. The summed E-state index contributed by atoms with van der Waals surface area (Å²) >= 11 is 5.84. The fraction of sp³-hybridized carbons (Fsp3) is 0.308. The molecule has 0 bridgehead atoms. The summed E-state index contributed by atoms with van der Waals surface area (Å²) in [7, 11) is 0. The van der Waals surface area contributed by atoms with Crippen LogP contribution in [0.2, 0.25) is 5.02 Å². The molecule has 0 saturated carbocycles. The van der Waals surface area contributed by atoms with Crippen LogP contribution in [0.1, 0.15) is 24.5 Å². The normalized spacial score (nSPS) is 9.35. The van der Waals surface area contributed by atoms with Crippen LogP contribution in [0.5, 0.6) is 0 Å². The lowest BCUT2D eigenvalue weighted by Crippen LogP contribution is -2.01. The first kappa shape index (κ1) is 13.6. The van der Waals surface area contributed by atoms with Crippen molar-refractivity contribution in [3.8, 4) is 11.8 Å². The highest BCUT2D eigenvalue weighted by molar-refractivity contribution is 6.31. The summed E-state index contributed by atoms with van der Waals surface area (Å²) in [5.41, 5.74) is 1.33. The maximum Gasteiger partial charge on any atom is 0.317 e. The van der Waals surface area contributed by atoms with Crippen LogP contribution in [0.4, 0.5) is 0 Å². The zero-order valence-electron chi connectivity index (χ0n) is 9.50. The Morgan fingerprint density at radius 3 is 2.94 bits per heavy atom. The molecule has 0 saturated heterocycles. The summed E-state index contributed by atoms with van der Waals surface area (Å²) in [6, 6.07) is 5.10. The van der Waals surface area contributed by atoms with E-state index in [2.05, 4.69) is 11.8 Å². The van der Waals surface area contributed by atoms with E-state index in [1.165, 1.54) is 0 Å². The topological polar surface area (TPSA) is 46.5 Å². The standard InChI is InChI=1S/C13H13ClO3/c1-2-17-13(16)5-3-4-10-6-7-12(14)11(8-10)9-15/h6-8,15H,2,5,9H2,1H3. The van der Waals surface area contributed by atoms with Crippen LogP contribution in [0, 0.1) is 11.8 Å². The van der Waals surface area contributed by atoms with Crippen LogP contribution in [0.3, 0.4) is 0 Å². The predicted molar refractivity (Wildman–Crippen MR) is 65.5 cm³/mol. The number of esters is 1. The third-order valence-corrected chi connectivity index (χ3v) is 2.36. The average Bonchev–Trinajstić information content (AvgIpc) is 2.31. The van der Waals surface area contributed by atoms with E-state index < -0.39 is 0 Å². The van der Waals surface area contributed by atoms with Crippen LogP contribution in [-0.2, 0) is 16.1 Å². The Bertz CT molecular complexity index is 457. The van der Waals surface area contributed by atoms with E-state index in [0.717, 1.165) is 0 Å². The number of hydrogen-bond donors (Lipinski definition) is 1. The summed E-state index contributed by atoms with van der Waals surface area (Å²) in [5.74, 6) is 5.19. The Labute approximate surface area is 105 Å². The summed E-state index contributed by atoms with van der Waals surface area (Å²) in [6.07, 6.45) is 0.0604. The molecule has 90 valence electrons. The summed E-state index contributed by atoms with van der Waals surface area (Å²) in [5, 5.41) is 9.52. The third kappa shape index (κ3) is 4.48. The van der Waals surface area contributed by atoms with Gasteiger partial charge in [-0.05, 0) is 30.7 Å². The average molecular weight is 253 g/mol. The van der Waals surface area contributed by atoms with Crippen molar-refractivity contribution in [2.45, 2.75) is 20.0 Å². The Morgan fingerprint density at radius 2 is 2.29 bits per heavy atom. The Hall–Kier alpha value is -1.50. The lowest BCUT2D eigenvalue weighted by atomic mass is 10.1. The predicted octanol–water partition coefficient (Wildman–Crippen LogP) is 2.14. The zero-order chi connectivity index (χ0) is 12.7. The monoisotopic (exact) mass is 252 g/mol. The van der Waals surface area contributed by atoms with Crippen LogP contribution < -0.4 is 0 Å². The van der Waals surface area contributed by atoms with Crippen LogP contribution >= 0.6 is 11.6 Å². The van der Waals surface area contributed by atoms with E-state index in [9.17, 15) is 4.79 Å². The molecule has 0 heterocycles. The van der Waals surface area contributed by atoms with Gasteiger partial charge in [-0.1, -0.05) is 23.4 Å². The van der Waals surface area contributed by atoms with E-state index in [1.54, 1.807) is 25.1 Å². The fourth-order valence-electron chi connectivity index (χ4n) is 1.20. The number of hydrogen-bond acceptors (Lipinski definition) is 3. The van der Waals surface area contributed by atoms with Crippen molar-refractivity contribution in [1.29, 1.82) is 0 Å². The van der Waals surface area contributed by atoms with Gasteiger partial charge in [-0.2, -0.15) is 0 Å². The minimum Gasteiger partial charge on any atom is -0.465 e. The van der Waals surface area contributed by atoms with Gasteiger partial charge in [0.1, 0.15) is 6.42 Å². The molecular formula is C13H13ClO3. The van der Waals surface area contributed by atoms with E-state index >= 15 is 0 Å². The SMILES string of the molecule is CCOC(=O)CC#Cc1ccc(Cl)c(CO)c1. The number of carbonyl (C=O) groups excluding carboxylic acids is 1. The Kier molecular flexibility index (Phi) is 5.55. The van der Waals surface area contributed by atoms with Gasteiger partial charge in [0.25, 0.3) is 0 Å². The molecule has 1 aromatic rings. The molecule has 1 rings (SSSR count). The minimum absolute atomic E-state index is 0.0604. The Balaban J connectivity index is 2.69. The number of carbonyl (C=O) groups is 1. The molecule has 0 aromatic heterocycles. The maximum atomic E-state index is 11.0. The van der Waals surface area contributed by atoms with Gasteiger partial charge in [0.2, 0.25) is 0 Å². The summed E-state index contributed by atoms with van der Waals surface area (Å²) < 4.78 is 4.74. The summed E-state index contributed by atoms with van der Waals surface area (Å²) in [6.45, 7) is 1.97. The number of rotatable bonds is 3. The van der Waals surface area contributed by atoms with Crippen molar-refractivity contribution in [2.24, 2.45) is 0 Å². The third-order valence-electron chi connectivity index (χ3n) is 1.99. The molecule has 0 unspecified atom stereocenters. The molecule has 0 spiro atoms. The molecule has 4 heteroatoms. The smallest absolute Gasteiger partial charge is 0.317 e. The summed E-state index contributed by atoms with van der Waals surface area (Å²) in [4.78, 5) is 11.0. The largest absolute Gasteiger partial charge is 0.465 e. The van der Waals surface area contributed by atoms with E-state index in [1.807, 2.05) is 0 Å². The van der Waals surface area contributed by atoms with Gasteiger partial charge >= 0.3 is 5.97 Å². The number of aliphatic hydroxyl groups is 1. The molecule has 0 aliphatic heterocycles. The molecule has 0 radical (unpaired) electrons. The highest BCUT2D eigenvalue weighted by atomic mass is 35.5. The van der Waals surface area contributed by atoms with Crippen molar-refractivity contribution < 1.29 is 14.6 Å². The highest BCUT2D eigenvalue weighted by Crippen LogP contribution is 2.16. The molecule has 0 fully saturated rings. The molecule has 3 nitrogen and oxygen atoms in total. The molecule has 17 heavy (non-hydrogen) atoms. The van der Waals surface area contributed by atoms with Gasteiger partial charge in [0.15, 0.2) is 0 Å². The molecule has 0 aliphatic carbocycles. The molecular weight excluding hydrogens is 240 g/mol. The molecule has 0 aliphatic rings. The van der Waals surface area contributed by atoms with Crippen molar-refractivity contribution in [3.05, 3.63) is 34.3 Å². The van der Waals surface area contributed by atoms with Crippen molar-refractivity contribution in [2.75, 3.05) is 6.61 Å². The Morgan fingerprint density at radius 1 is 1.53 bits per heavy atom. The first-order chi connectivity index (χ1) is 8.17. The van der Waals surface area contributed by atoms with E-state index in [0.29, 0.717) is 22.8 Å². The molecule has 0 amide bonds. The van der Waals surface area contributed by atoms with Gasteiger partial charge in [-0.3, -0.25) is 4.79 Å². The quantitative estimate of drug-likeness (QED) is 0.662. The first-order valence-electron chi connectivity index (χ1n) is 5.21. The second-order valence-electron chi connectivity index (χ2n) is 3.25. The van der Waals surface area contributed by atoms with Crippen LogP contribution in [0.15, 0.2) is 18.2 Å². The number of halogens is 1. The van der Waals surface area contributed by atoms with Crippen molar-refractivity contribution >= 4 is 17.6 Å². The van der Waals surface area contributed by atoms with E-state index in [4.69, 9.17) is 21.4 Å². The van der Waals surface area contributed by atoms with Crippen molar-refractivity contribution in [3.63, 3.8) is 0 Å². The minimum atomic E-state index is -0.337. The number of benzene rings is 1. The molecule has 1 aromatic carbocycles. The van der Waals surface area contributed by atoms with Gasteiger partial charge in [-0.25, -0.2) is 0 Å². The van der Waals surface area contributed by atoms with Gasteiger partial charge in [0.05, 0.1) is 13.2 Å². The lowest BCUT2D eigenvalue weighted by Gasteiger charge is -2.00. The number of ether oxygens (including phenoxy) is 1. The van der Waals surface area contributed by atoms with Gasteiger partial charge < -0.3 is 9.84 Å².